The molecule has 1 amide bonds. The number of aryl methyl sites for hydroxylation is 1. The van der Waals surface area contributed by atoms with E-state index in [9.17, 15) is 13.2 Å². The van der Waals surface area contributed by atoms with Gasteiger partial charge in [-0.3, -0.25) is 4.79 Å². The third-order valence-electron chi connectivity index (χ3n) is 4.82. The number of hydrogen-bond donors (Lipinski definition) is 1. The second-order valence-electron chi connectivity index (χ2n) is 6.73. The molecule has 1 heterocycles. The van der Waals surface area contributed by atoms with Crippen molar-refractivity contribution < 1.29 is 13.2 Å². The molecule has 0 bridgehead atoms. The summed E-state index contributed by atoms with van der Waals surface area (Å²) in [5.41, 5.74) is 0.782. The van der Waals surface area contributed by atoms with Gasteiger partial charge < -0.3 is 5.32 Å². The molecule has 1 aromatic carbocycles. The summed E-state index contributed by atoms with van der Waals surface area (Å²) in [6.45, 7) is 0. The number of hydrogen-bond acceptors (Lipinski definition) is 4. The summed E-state index contributed by atoms with van der Waals surface area (Å²) in [4.78, 5) is 14.1. The van der Waals surface area contributed by atoms with Crippen molar-refractivity contribution in [3.8, 4) is 0 Å². The number of thiophene rings is 1. The van der Waals surface area contributed by atoms with E-state index in [1.807, 2.05) is 6.07 Å². The van der Waals surface area contributed by atoms with Gasteiger partial charge in [0.15, 0.2) is 9.84 Å². The van der Waals surface area contributed by atoms with Gasteiger partial charge in [-0.1, -0.05) is 31.0 Å². The van der Waals surface area contributed by atoms with E-state index in [0.717, 1.165) is 31.2 Å². The summed E-state index contributed by atoms with van der Waals surface area (Å²) >= 11 is 1.71. The Bertz CT molecular complexity index is 818. The first kappa shape index (κ1) is 18.1. The molecule has 1 aliphatic rings. The van der Waals surface area contributed by atoms with Crippen LogP contribution in [-0.4, -0.2) is 20.6 Å². The molecule has 0 saturated heterocycles. The van der Waals surface area contributed by atoms with E-state index in [0.29, 0.717) is 17.7 Å². The first-order valence-corrected chi connectivity index (χ1v) is 11.3. The zero-order valence-electron chi connectivity index (χ0n) is 14.3. The topological polar surface area (TPSA) is 63.2 Å². The van der Waals surface area contributed by atoms with Crippen LogP contribution in [0.5, 0.6) is 0 Å². The fraction of sp³-hybridized carbons (Fsp3) is 0.421. The van der Waals surface area contributed by atoms with E-state index in [2.05, 4.69) is 16.8 Å². The van der Waals surface area contributed by atoms with Crippen LogP contribution in [0.2, 0.25) is 0 Å². The molecule has 0 spiro atoms. The Kier molecular flexibility index (Phi) is 5.29. The van der Waals surface area contributed by atoms with Crippen LogP contribution in [0, 0.1) is 0 Å². The maximum atomic E-state index is 12.5. The average Bonchev–Trinajstić information content (AvgIpc) is 3.24. The number of carbonyl (C=O) groups excluding carboxylic acids is 1. The summed E-state index contributed by atoms with van der Waals surface area (Å²) < 4.78 is 23.0. The van der Waals surface area contributed by atoms with E-state index < -0.39 is 9.84 Å². The Hall–Kier alpha value is -1.66. The second-order valence-corrected chi connectivity index (χ2v) is 9.69. The molecule has 25 heavy (non-hydrogen) atoms. The zero-order valence-corrected chi connectivity index (χ0v) is 16.0. The van der Waals surface area contributed by atoms with Crippen LogP contribution in [-0.2, 0) is 26.6 Å². The van der Waals surface area contributed by atoms with Crippen LogP contribution in [0.4, 0.5) is 0 Å². The minimum atomic E-state index is -3.18. The molecule has 1 aliphatic carbocycles. The fourth-order valence-electron chi connectivity index (χ4n) is 3.45. The average molecular weight is 378 g/mol. The Labute approximate surface area is 153 Å². The van der Waals surface area contributed by atoms with E-state index >= 15 is 0 Å². The van der Waals surface area contributed by atoms with Crippen LogP contribution in [0.1, 0.15) is 42.5 Å². The van der Waals surface area contributed by atoms with Gasteiger partial charge in [-0.15, -0.1) is 11.3 Å². The number of rotatable bonds is 6. The van der Waals surface area contributed by atoms with Gasteiger partial charge in [0.05, 0.1) is 10.4 Å². The Balaban J connectivity index is 1.61. The molecular formula is C19H23NO3S2. The lowest BCUT2D eigenvalue weighted by Crippen LogP contribution is -2.43. The molecule has 4 nitrogen and oxygen atoms in total. The van der Waals surface area contributed by atoms with Gasteiger partial charge in [-0.25, -0.2) is 8.42 Å². The molecule has 0 unspecified atom stereocenters. The molecule has 0 radical (unpaired) electrons. The van der Waals surface area contributed by atoms with Gasteiger partial charge in [0, 0.05) is 17.6 Å². The van der Waals surface area contributed by atoms with E-state index in [1.54, 1.807) is 35.6 Å². The van der Waals surface area contributed by atoms with E-state index in [-0.39, 0.29) is 11.4 Å². The van der Waals surface area contributed by atoms with E-state index in [4.69, 9.17) is 0 Å². The minimum absolute atomic E-state index is 0.0579. The third-order valence-corrected chi connectivity index (χ3v) is 7.02. The quantitative estimate of drug-likeness (QED) is 0.835. The maximum Gasteiger partial charge on any atom is 0.221 e. The molecule has 1 N–H and O–H groups in total. The van der Waals surface area contributed by atoms with Gasteiger partial charge in [-0.05, 0) is 48.4 Å². The predicted molar refractivity (Wildman–Crippen MR) is 100 cm³/mol. The minimum Gasteiger partial charge on any atom is -0.346 e. The molecule has 134 valence electrons. The molecule has 0 aliphatic heterocycles. The molecule has 1 saturated carbocycles. The summed E-state index contributed by atoms with van der Waals surface area (Å²) in [7, 11) is -3.18. The second kappa shape index (κ2) is 7.30. The lowest BCUT2D eigenvalue weighted by Gasteiger charge is -2.29. The van der Waals surface area contributed by atoms with Crippen molar-refractivity contribution in [1.82, 2.24) is 5.32 Å². The molecule has 2 aromatic rings. The molecule has 3 rings (SSSR count). The zero-order chi connectivity index (χ0) is 17.9. The smallest absolute Gasteiger partial charge is 0.221 e. The van der Waals surface area contributed by atoms with Crippen LogP contribution in [0.3, 0.4) is 0 Å². The van der Waals surface area contributed by atoms with Crippen molar-refractivity contribution in [3.63, 3.8) is 0 Å². The number of sulfone groups is 1. The first-order chi connectivity index (χ1) is 11.9. The third kappa shape index (κ3) is 4.30. The van der Waals surface area contributed by atoms with Crippen LogP contribution in [0.15, 0.2) is 46.7 Å². The Morgan fingerprint density at radius 3 is 2.40 bits per heavy atom. The monoisotopic (exact) mass is 377 g/mol. The standard InChI is InChI=1S/C19H23NO3S2/c1-25(22,23)16-9-6-15(7-10-16)8-11-18(21)20-19(12-2-3-13-19)17-5-4-14-24-17/h4-7,9-10,14H,2-3,8,11-13H2,1H3,(H,20,21). The Morgan fingerprint density at radius 1 is 1.16 bits per heavy atom. The number of carbonyl (C=O) groups is 1. The van der Waals surface area contributed by atoms with Gasteiger partial charge in [-0.2, -0.15) is 0 Å². The number of amides is 1. The summed E-state index contributed by atoms with van der Waals surface area (Å²) in [5.74, 6) is 0.0579. The largest absolute Gasteiger partial charge is 0.346 e. The van der Waals surface area contributed by atoms with Crippen LogP contribution >= 0.6 is 11.3 Å². The molecule has 0 atom stereocenters. The maximum absolute atomic E-state index is 12.5. The highest BCUT2D eigenvalue weighted by Gasteiger charge is 2.37. The predicted octanol–water partition coefficient (Wildman–Crippen LogP) is 3.67. The molecule has 1 aromatic heterocycles. The SMILES string of the molecule is CS(=O)(=O)c1ccc(CCC(=O)NC2(c3cccs3)CCCC2)cc1. The van der Waals surface area contributed by atoms with Crippen molar-refractivity contribution in [2.75, 3.05) is 6.26 Å². The van der Waals surface area contributed by atoms with Crippen molar-refractivity contribution in [2.45, 2.75) is 49.0 Å². The molecule has 1 fully saturated rings. The van der Waals surface area contributed by atoms with Gasteiger partial charge in [0.2, 0.25) is 5.91 Å². The summed E-state index contributed by atoms with van der Waals surface area (Å²) in [5, 5.41) is 5.34. The highest BCUT2D eigenvalue weighted by atomic mass is 32.2. The number of benzene rings is 1. The van der Waals surface area contributed by atoms with Gasteiger partial charge in [0.1, 0.15) is 0 Å². The fourth-order valence-corrected chi connectivity index (χ4v) is 5.03. The first-order valence-electron chi connectivity index (χ1n) is 8.53. The summed E-state index contributed by atoms with van der Waals surface area (Å²) in [6.07, 6.45) is 6.50. The molecule has 6 heteroatoms. The van der Waals surface area contributed by atoms with Crippen molar-refractivity contribution in [1.29, 1.82) is 0 Å². The normalized spacial score (nSPS) is 16.7. The summed E-state index contributed by atoms with van der Waals surface area (Å²) in [6, 6.07) is 10.9. The lowest BCUT2D eigenvalue weighted by molar-refractivity contribution is -0.123. The van der Waals surface area contributed by atoms with Crippen molar-refractivity contribution in [3.05, 3.63) is 52.2 Å². The lowest BCUT2D eigenvalue weighted by atomic mass is 9.95. The van der Waals surface area contributed by atoms with Crippen LogP contribution in [0.25, 0.3) is 0 Å². The van der Waals surface area contributed by atoms with Crippen LogP contribution < -0.4 is 5.32 Å². The highest BCUT2D eigenvalue weighted by Crippen LogP contribution is 2.40. The Morgan fingerprint density at radius 2 is 1.84 bits per heavy atom. The van der Waals surface area contributed by atoms with Gasteiger partial charge >= 0.3 is 0 Å². The molecular weight excluding hydrogens is 354 g/mol. The number of nitrogens with one attached hydrogen (secondary N) is 1. The van der Waals surface area contributed by atoms with E-state index in [1.165, 1.54) is 11.1 Å². The van der Waals surface area contributed by atoms with Crippen molar-refractivity contribution in [2.24, 2.45) is 0 Å². The highest BCUT2D eigenvalue weighted by molar-refractivity contribution is 7.90. The van der Waals surface area contributed by atoms with Gasteiger partial charge in [0.25, 0.3) is 0 Å². The van der Waals surface area contributed by atoms with Crippen molar-refractivity contribution >= 4 is 27.1 Å².